The largest absolute Gasteiger partial charge is 0.480 e. The number of benzene rings is 1. The van der Waals surface area contributed by atoms with Crippen molar-refractivity contribution in [3.05, 3.63) is 64.5 Å². The fourth-order valence-corrected chi connectivity index (χ4v) is 8.17. The van der Waals surface area contributed by atoms with E-state index in [1.807, 2.05) is 0 Å². The molecule has 11 heteroatoms. The number of carboxylic acid groups (broad SMARTS) is 1. The zero-order chi connectivity index (χ0) is 35.5. The van der Waals surface area contributed by atoms with Gasteiger partial charge in [0.15, 0.2) is 0 Å². The number of nitrogens with zero attached hydrogens (tertiary/aromatic N) is 3. The van der Waals surface area contributed by atoms with Gasteiger partial charge in [-0.2, -0.15) is 5.26 Å². The molecule has 4 unspecified atom stereocenters. The van der Waals surface area contributed by atoms with Crippen molar-refractivity contribution in [1.82, 2.24) is 15.2 Å². The Labute approximate surface area is 302 Å². The van der Waals surface area contributed by atoms with E-state index in [1.54, 1.807) is 12.3 Å². The van der Waals surface area contributed by atoms with E-state index in [1.165, 1.54) is 63.0 Å². The minimum Gasteiger partial charge on any atom is -0.480 e. The van der Waals surface area contributed by atoms with Crippen molar-refractivity contribution in [2.45, 2.75) is 120 Å². The van der Waals surface area contributed by atoms with E-state index in [9.17, 15) is 20.3 Å². The van der Waals surface area contributed by atoms with Crippen LogP contribution in [0.4, 0.5) is 0 Å². The number of carboxylic acids is 1. The second-order valence-electron chi connectivity index (χ2n) is 14.7. The third kappa shape index (κ3) is 10.5. The first-order chi connectivity index (χ1) is 24.2. The van der Waals surface area contributed by atoms with Crippen LogP contribution in [0.15, 0.2) is 36.7 Å². The fourth-order valence-electron chi connectivity index (χ4n) is 7.76. The molecule has 10 nitrogen and oxygen atoms in total. The third-order valence-electron chi connectivity index (χ3n) is 11.0. The minimum absolute atomic E-state index is 0.124. The molecule has 0 spiro atoms. The normalized spacial score (nSPS) is 27.1. The lowest BCUT2D eigenvalue weighted by atomic mass is 9.80. The molecule has 2 aromatic rings. The van der Waals surface area contributed by atoms with Crippen molar-refractivity contribution in [3.8, 4) is 6.07 Å². The zero-order valence-corrected chi connectivity index (χ0v) is 30.5. The van der Waals surface area contributed by atoms with Crippen LogP contribution >= 0.6 is 11.6 Å². The summed E-state index contributed by atoms with van der Waals surface area (Å²) in [6.45, 7) is 8.55. The number of likely N-dealkylation sites (tertiary alicyclic amines) is 1. The van der Waals surface area contributed by atoms with Crippen LogP contribution in [0, 0.1) is 24.2 Å². The highest BCUT2D eigenvalue weighted by Crippen LogP contribution is 2.38. The van der Waals surface area contributed by atoms with Gasteiger partial charge in [0.25, 0.3) is 0 Å². The summed E-state index contributed by atoms with van der Waals surface area (Å²) in [6.07, 6.45) is 12.3. The molecule has 3 N–H and O–H groups in total. The number of nitriles is 1. The lowest BCUT2D eigenvalue weighted by Crippen LogP contribution is -2.56. The van der Waals surface area contributed by atoms with E-state index in [0.717, 1.165) is 43.5 Å². The average molecular weight is 711 g/mol. The minimum atomic E-state index is -1.48. The van der Waals surface area contributed by atoms with E-state index >= 15 is 0 Å². The standard InChI is InChI=1S/C39H55ClN4O6/c1-27-31(9-6-11-34(27)30-8-5-10-33(17-30)48-15-7-14-44-12-3-4-13-44)25-50-37-19-36(49-24-29-16-28(20-41)21-42-22-29)32(18-35(37)40)23-43-39(2,26-45)38(46)47/h6,9,11,16,21-22,30,32-33,35-37,43,45H,3-5,7-8,10,12-15,17-19,23-26H2,1-2H3,(H,46,47)/t30?,32?,33-,35?,36?,37-,39-/m0/s1. The molecule has 7 atom stereocenters. The van der Waals surface area contributed by atoms with E-state index in [-0.39, 0.29) is 30.1 Å². The van der Waals surface area contributed by atoms with Gasteiger partial charge >= 0.3 is 5.97 Å². The molecule has 5 rings (SSSR count). The lowest BCUT2D eigenvalue weighted by molar-refractivity contribution is -0.146. The highest BCUT2D eigenvalue weighted by Gasteiger charge is 2.40. The smallest absolute Gasteiger partial charge is 0.326 e. The van der Waals surface area contributed by atoms with Crippen LogP contribution in [0.25, 0.3) is 0 Å². The first-order valence-corrected chi connectivity index (χ1v) is 18.9. The molecule has 0 bridgehead atoms. The Bertz CT molecular complexity index is 1430. The van der Waals surface area contributed by atoms with Gasteiger partial charge in [-0.25, -0.2) is 0 Å². The van der Waals surface area contributed by atoms with Crippen LogP contribution < -0.4 is 5.32 Å². The molecule has 3 fully saturated rings. The topological polar surface area (TPSA) is 137 Å². The molecule has 1 aromatic heterocycles. The second-order valence-corrected chi connectivity index (χ2v) is 15.3. The number of ether oxygens (including phenoxy) is 3. The number of aliphatic hydroxyl groups is 1. The lowest BCUT2D eigenvalue weighted by Gasteiger charge is -2.40. The third-order valence-corrected chi connectivity index (χ3v) is 11.5. The Morgan fingerprint density at radius 2 is 1.90 bits per heavy atom. The number of pyridine rings is 1. The van der Waals surface area contributed by atoms with E-state index < -0.39 is 18.1 Å². The number of aromatic nitrogens is 1. The molecular formula is C39H55ClN4O6. The Kier molecular flexibility index (Phi) is 14.5. The number of nitrogens with one attached hydrogen (secondary N) is 1. The SMILES string of the molecule is Cc1c(CO[C@H]2CC(OCc3cncc(C#N)c3)C(CN[C@@](C)(CO)C(=O)O)CC2Cl)cccc1C1CCC[C@H](OCCCN2CCCC2)C1. The molecule has 274 valence electrons. The monoisotopic (exact) mass is 710 g/mol. The van der Waals surface area contributed by atoms with Crippen molar-refractivity contribution in [3.63, 3.8) is 0 Å². The summed E-state index contributed by atoms with van der Waals surface area (Å²) in [6, 6.07) is 10.4. The van der Waals surface area contributed by atoms with Crippen molar-refractivity contribution in [1.29, 1.82) is 5.26 Å². The van der Waals surface area contributed by atoms with Crippen molar-refractivity contribution in [2.24, 2.45) is 5.92 Å². The van der Waals surface area contributed by atoms with Gasteiger partial charge in [0.1, 0.15) is 11.6 Å². The summed E-state index contributed by atoms with van der Waals surface area (Å²) >= 11 is 6.97. The van der Waals surface area contributed by atoms with Gasteiger partial charge < -0.3 is 29.3 Å². The first kappa shape index (κ1) is 38.6. The number of hydrogen-bond donors (Lipinski definition) is 3. The Morgan fingerprint density at radius 1 is 1.10 bits per heavy atom. The quantitative estimate of drug-likeness (QED) is 0.138. The molecule has 2 heterocycles. The molecule has 0 radical (unpaired) electrons. The first-order valence-electron chi connectivity index (χ1n) is 18.4. The summed E-state index contributed by atoms with van der Waals surface area (Å²) in [4.78, 5) is 18.5. The van der Waals surface area contributed by atoms with Crippen LogP contribution in [0.5, 0.6) is 0 Å². The number of aliphatic hydroxyl groups excluding tert-OH is 1. The summed E-state index contributed by atoms with van der Waals surface area (Å²) in [7, 11) is 0. The highest BCUT2D eigenvalue weighted by atomic mass is 35.5. The molecule has 2 saturated carbocycles. The molecule has 1 saturated heterocycles. The van der Waals surface area contributed by atoms with Gasteiger partial charge in [-0.3, -0.25) is 15.1 Å². The molecule has 1 aromatic carbocycles. The van der Waals surface area contributed by atoms with Gasteiger partial charge in [-0.1, -0.05) is 24.6 Å². The summed E-state index contributed by atoms with van der Waals surface area (Å²) < 4.78 is 19.4. The zero-order valence-electron chi connectivity index (χ0n) is 29.7. The molecule has 2 aliphatic carbocycles. The van der Waals surface area contributed by atoms with E-state index in [2.05, 4.69) is 46.4 Å². The molecule has 3 aliphatic rings. The molecular weight excluding hydrogens is 656 g/mol. The van der Waals surface area contributed by atoms with Crippen LogP contribution in [0.1, 0.15) is 98.4 Å². The van der Waals surface area contributed by atoms with Crippen LogP contribution in [-0.2, 0) is 32.2 Å². The predicted molar refractivity (Wildman–Crippen MR) is 192 cm³/mol. The van der Waals surface area contributed by atoms with Crippen molar-refractivity contribution >= 4 is 17.6 Å². The van der Waals surface area contributed by atoms with Crippen LogP contribution in [0.3, 0.4) is 0 Å². The maximum atomic E-state index is 11.8. The van der Waals surface area contributed by atoms with Gasteiger partial charge in [0.05, 0.1) is 49.1 Å². The summed E-state index contributed by atoms with van der Waals surface area (Å²) in [5.74, 6) is -0.780. The molecule has 50 heavy (non-hydrogen) atoms. The van der Waals surface area contributed by atoms with Gasteiger partial charge in [-0.15, -0.1) is 11.6 Å². The van der Waals surface area contributed by atoms with Crippen molar-refractivity contribution in [2.75, 3.05) is 39.4 Å². The van der Waals surface area contributed by atoms with E-state index in [4.69, 9.17) is 25.8 Å². The molecule has 0 amide bonds. The van der Waals surface area contributed by atoms with Gasteiger partial charge in [0.2, 0.25) is 0 Å². The number of aliphatic carboxylic acids is 1. The number of carbonyl (C=O) groups is 1. The Morgan fingerprint density at radius 3 is 2.66 bits per heavy atom. The Balaban J connectivity index is 1.19. The number of halogens is 1. The summed E-state index contributed by atoms with van der Waals surface area (Å²) in [5, 5.41) is 31.5. The molecule has 1 aliphatic heterocycles. The van der Waals surface area contributed by atoms with Crippen molar-refractivity contribution < 1.29 is 29.2 Å². The predicted octanol–water partition coefficient (Wildman–Crippen LogP) is 5.70. The van der Waals surface area contributed by atoms with Gasteiger partial charge in [-0.05, 0) is 112 Å². The number of alkyl halides is 1. The summed E-state index contributed by atoms with van der Waals surface area (Å²) in [5.41, 5.74) is 3.55. The van der Waals surface area contributed by atoms with E-state index in [0.29, 0.717) is 43.6 Å². The maximum Gasteiger partial charge on any atom is 0.326 e. The average Bonchev–Trinajstić information content (AvgIpc) is 3.66. The Hall–Kier alpha value is -2.62. The van der Waals surface area contributed by atoms with Crippen LogP contribution in [0.2, 0.25) is 0 Å². The number of rotatable bonds is 17. The number of hydrogen-bond acceptors (Lipinski definition) is 9. The second kappa shape index (κ2) is 18.7. The fraction of sp³-hybridized carbons (Fsp3) is 0.667. The van der Waals surface area contributed by atoms with Gasteiger partial charge in [0, 0.05) is 38.5 Å². The maximum absolute atomic E-state index is 11.8. The highest BCUT2D eigenvalue weighted by molar-refractivity contribution is 6.21. The van der Waals surface area contributed by atoms with Crippen LogP contribution in [-0.4, -0.2) is 94.7 Å².